The highest BCUT2D eigenvalue weighted by atomic mass is 35.5. The van der Waals surface area contributed by atoms with Gasteiger partial charge < -0.3 is 10.6 Å². The van der Waals surface area contributed by atoms with Gasteiger partial charge in [-0.05, 0) is 36.8 Å². The summed E-state index contributed by atoms with van der Waals surface area (Å²) >= 11 is 11.9. The van der Waals surface area contributed by atoms with Crippen LogP contribution >= 0.6 is 23.2 Å². The molecule has 2 heterocycles. The molecule has 3 aromatic rings. The third-order valence-electron chi connectivity index (χ3n) is 3.53. The molecule has 0 aliphatic rings. The summed E-state index contributed by atoms with van der Waals surface area (Å²) in [4.78, 5) is 12.1. The fourth-order valence-corrected chi connectivity index (χ4v) is 2.78. The van der Waals surface area contributed by atoms with Crippen molar-refractivity contribution in [3.63, 3.8) is 0 Å². The molecule has 0 bridgehead atoms. The summed E-state index contributed by atoms with van der Waals surface area (Å²) in [5.74, 6) is 0.658. The maximum absolute atomic E-state index is 12.1. The van der Waals surface area contributed by atoms with Crippen molar-refractivity contribution in [2.45, 2.75) is 19.5 Å². The first-order valence-electron chi connectivity index (χ1n) is 7.32. The molecule has 0 spiro atoms. The van der Waals surface area contributed by atoms with Crippen LogP contribution in [0.1, 0.15) is 24.4 Å². The smallest absolute Gasteiger partial charge is 0.315 e. The van der Waals surface area contributed by atoms with Gasteiger partial charge in [-0.25, -0.2) is 4.79 Å². The van der Waals surface area contributed by atoms with E-state index in [0.29, 0.717) is 22.4 Å². The van der Waals surface area contributed by atoms with Crippen molar-refractivity contribution in [1.82, 2.24) is 25.2 Å². The van der Waals surface area contributed by atoms with Gasteiger partial charge in [-0.1, -0.05) is 35.3 Å². The van der Waals surface area contributed by atoms with Gasteiger partial charge >= 0.3 is 6.03 Å². The largest absolute Gasteiger partial charge is 0.334 e. The number of rotatable bonds is 4. The zero-order chi connectivity index (χ0) is 17.1. The Morgan fingerprint density at radius 3 is 2.88 bits per heavy atom. The predicted molar refractivity (Wildman–Crippen MR) is 93.2 cm³/mol. The Bertz CT molecular complexity index is 880. The van der Waals surface area contributed by atoms with Gasteiger partial charge in [0.05, 0.1) is 6.04 Å². The molecule has 6 nitrogen and oxygen atoms in total. The number of nitrogens with one attached hydrogen (secondary N) is 2. The van der Waals surface area contributed by atoms with E-state index in [4.69, 9.17) is 23.2 Å². The normalized spacial score (nSPS) is 12.1. The highest BCUT2D eigenvalue weighted by molar-refractivity contribution is 6.35. The fraction of sp³-hybridized carbons (Fsp3) is 0.188. The van der Waals surface area contributed by atoms with E-state index < -0.39 is 0 Å². The van der Waals surface area contributed by atoms with Crippen LogP contribution in [0.15, 0.2) is 42.6 Å². The molecule has 2 amide bonds. The molecule has 2 aromatic heterocycles. The average Bonchev–Trinajstić information content (AvgIpc) is 2.98. The highest BCUT2D eigenvalue weighted by Crippen LogP contribution is 2.20. The van der Waals surface area contributed by atoms with Crippen LogP contribution in [0.2, 0.25) is 10.0 Å². The van der Waals surface area contributed by atoms with E-state index in [9.17, 15) is 4.79 Å². The Morgan fingerprint density at radius 2 is 2.08 bits per heavy atom. The first-order valence-corrected chi connectivity index (χ1v) is 8.08. The first-order chi connectivity index (χ1) is 11.5. The number of fused-ring (bicyclic) bond motifs is 1. The zero-order valence-corrected chi connectivity index (χ0v) is 14.3. The lowest BCUT2D eigenvalue weighted by molar-refractivity contribution is 0.237. The van der Waals surface area contributed by atoms with Crippen molar-refractivity contribution in [3.05, 3.63) is 64.0 Å². The number of nitrogens with zero attached hydrogens (tertiary/aromatic N) is 3. The van der Waals surface area contributed by atoms with E-state index in [0.717, 1.165) is 11.2 Å². The van der Waals surface area contributed by atoms with Crippen molar-refractivity contribution in [3.8, 4) is 0 Å². The van der Waals surface area contributed by atoms with Crippen LogP contribution in [0, 0.1) is 0 Å². The van der Waals surface area contributed by atoms with Crippen molar-refractivity contribution in [1.29, 1.82) is 0 Å². The summed E-state index contributed by atoms with van der Waals surface area (Å²) in [5, 5.41) is 14.9. The second kappa shape index (κ2) is 7.07. The van der Waals surface area contributed by atoms with Crippen molar-refractivity contribution in [2.75, 3.05) is 0 Å². The second-order valence-electron chi connectivity index (χ2n) is 5.27. The summed E-state index contributed by atoms with van der Waals surface area (Å²) in [5.41, 5.74) is 1.52. The van der Waals surface area contributed by atoms with Gasteiger partial charge in [-0.2, -0.15) is 0 Å². The number of aromatic nitrogens is 3. The number of hydrogen-bond donors (Lipinski definition) is 2. The molecule has 0 radical (unpaired) electrons. The lowest BCUT2D eigenvalue weighted by Crippen LogP contribution is -2.37. The third-order valence-corrected chi connectivity index (χ3v) is 4.12. The van der Waals surface area contributed by atoms with Crippen LogP contribution < -0.4 is 10.6 Å². The van der Waals surface area contributed by atoms with E-state index >= 15 is 0 Å². The Kier molecular flexibility index (Phi) is 4.87. The van der Waals surface area contributed by atoms with Gasteiger partial charge in [0.1, 0.15) is 0 Å². The molecular formula is C16H15Cl2N5O. The molecule has 0 saturated carbocycles. The molecule has 24 heavy (non-hydrogen) atoms. The standard InChI is InChI=1S/C16H15Cl2N5O/c1-10(15-22-21-14-4-2-3-7-23(14)15)20-16(24)19-9-11-5-6-12(17)8-13(11)18/h2-8,10H,9H2,1H3,(H2,19,20,24). The van der Waals surface area contributed by atoms with Crippen LogP contribution in [-0.2, 0) is 6.54 Å². The van der Waals surface area contributed by atoms with Crippen LogP contribution in [0.5, 0.6) is 0 Å². The van der Waals surface area contributed by atoms with Crippen molar-refractivity contribution in [2.24, 2.45) is 0 Å². The topological polar surface area (TPSA) is 71.3 Å². The van der Waals surface area contributed by atoms with Crippen molar-refractivity contribution >= 4 is 34.9 Å². The molecule has 3 rings (SSSR count). The molecule has 1 aromatic carbocycles. The summed E-state index contributed by atoms with van der Waals surface area (Å²) in [6.07, 6.45) is 1.86. The molecule has 8 heteroatoms. The van der Waals surface area contributed by atoms with Crippen LogP contribution in [0.3, 0.4) is 0 Å². The fourth-order valence-electron chi connectivity index (χ4n) is 2.31. The molecule has 0 fully saturated rings. The Labute approximate surface area is 148 Å². The summed E-state index contributed by atoms with van der Waals surface area (Å²) in [6, 6.07) is 10.1. The lowest BCUT2D eigenvalue weighted by Gasteiger charge is -2.14. The second-order valence-corrected chi connectivity index (χ2v) is 6.12. The maximum Gasteiger partial charge on any atom is 0.315 e. The zero-order valence-electron chi connectivity index (χ0n) is 12.8. The SMILES string of the molecule is CC(NC(=O)NCc1ccc(Cl)cc1Cl)c1nnc2ccccn12. The first kappa shape index (κ1) is 16.5. The number of benzene rings is 1. The molecule has 2 N–H and O–H groups in total. The molecule has 0 saturated heterocycles. The summed E-state index contributed by atoms with van der Waals surface area (Å²) < 4.78 is 1.83. The molecule has 1 atom stereocenters. The molecular weight excluding hydrogens is 349 g/mol. The predicted octanol–water partition coefficient (Wildman–Crippen LogP) is 3.60. The maximum atomic E-state index is 12.1. The minimum Gasteiger partial charge on any atom is -0.334 e. The van der Waals surface area contributed by atoms with Gasteiger partial charge in [0.2, 0.25) is 0 Å². The Hall–Kier alpha value is -2.31. The van der Waals surface area contributed by atoms with E-state index in [-0.39, 0.29) is 12.1 Å². The number of urea groups is 1. The summed E-state index contributed by atoms with van der Waals surface area (Å²) in [6.45, 7) is 2.15. The third kappa shape index (κ3) is 3.60. The number of hydrogen-bond acceptors (Lipinski definition) is 3. The Morgan fingerprint density at radius 1 is 1.25 bits per heavy atom. The molecule has 0 aliphatic heterocycles. The summed E-state index contributed by atoms with van der Waals surface area (Å²) in [7, 11) is 0. The van der Waals surface area contributed by atoms with E-state index in [1.54, 1.807) is 18.2 Å². The minimum atomic E-state index is -0.318. The molecule has 1 unspecified atom stereocenters. The average molecular weight is 364 g/mol. The van der Waals surface area contributed by atoms with Gasteiger partial charge in [-0.3, -0.25) is 4.40 Å². The van der Waals surface area contributed by atoms with E-state index in [1.165, 1.54) is 0 Å². The van der Waals surface area contributed by atoms with Gasteiger partial charge in [0, 0.05) is 22.8 Å². The number of amides is 2. The number of pyridine rings is 1. The minimum absolute atomic E-state index is 0.301. The van der Waals surface area contributed by atoms with Crippen LogP contribution in [0.4, 0.5) is 4.79 Å². The van der Waals surface area contributed by atoms with Gasteiger partial charge in [0.15, 0.2) is 11.5 Å². The highest BCUT2D eigenvalue weighted by Gasteiger charge is 2.15. The number of carbonyl (C=O) groups is 1. The number of carbonyl (C=O) groups excluding carboxylic acids is 1. The molecule has 0 aliphatic carbocycles. The van der Waals surface area contributed by atoms with Crippen LogP contribution in [0.25, 0.3) is 5.65 Å². The van der Waals surface area contributed by atoms with E-state index in [1.807, 2.05) is 35.7 Å². The lowest BCUT2D eigenvalue weighted by atomic mass is 10.2. The quantitative estimate of drug-likeness (QED) is 0.743. The van der Waals surface area contributed by atoms with Gasteiger partial charge in [0.25, 0.3) is 0 Å². The number of halogens is 2. The Balaban J connectivity index is 1.62. The van der Waals surface area contributed by atoms with Crippen molar-refractivity contribution < 1.29 is 4.79 Å². The van der Waals surface area contributed by atoms with Crippen LogP contribution in [-0.4, -0.2) is 20.6 Å². The monoisotopic (exact) mass is 363 g/mol. The van der Waals surface area contributed by atoms with E-state index in [2.05, 4.69) is 20.8 Å². The van der Waals surface area contributed by atoms with Gasteiger partial charge in [-0.15, -0.1) is 10.2 Å². The molecule has 124 valence electrons.